The van der Waals surface area contributed by atoms with Gasteiger partial charge in [-0.2, -0.15) is 0 Å². The molecule has 2 fully saturated rings. The van der Waals surface area contributed by atoms with E-state index in [1.807, 2.05) is 0 Å². The van der Waals surface area contributed by atoms with Crippen molar-refractivity contribution in [3.63, 3.8) is 0 Å². The lowest BCUT2D eigenvalue weighted by atomic mass is 9.88. The molecule has 0 bridgehead atoms. The summed E-state index contributed by atoms with van der Waals surface area (Å²) in [4.78, 5) is 13.5. The Morgan fingerprint density at radius 1 is 1.33 bits per heavy atom. The average Bonchev–Trinajstić information content (AvgIpc) is 2.64. The zero-order valence-electron chi connectivity index (χ0n) is 9.67. The fourth-order valence-corrected chi connectivity index (χ4v) is 2.64. The highest BCUT2D eigenvalue weighted by Gasteiger charge is 2.22. The van der Waals surface area contributed by atoms with Crippen molar-refractivity contribution in [3.05, 3.63) is 0 Å². The molecule has 15 heavy (non-hydrogen) atoms. The van der Waals surface area contributed by atoms with Crippen molar-refractivity contribution in [2.45, 2.75) is 38.1 Å². The monoisotopic (exact) mass is 210 g/mol. The molecule has 1 aliphatic carbocycles. The molecule has 2 rings (SSSR count). The highest BCUT2D eigenvalue weighted by atomic mass is 16.1. The van der Waals surface area contributed by atoms with Gasteiger partial charge in [0, 0.05) is 25.4 Å². The molecule has 1 unspecified atom stereocenters. The highest BCUT2D eigenvalue weighted by molar-refractivity contribution is 5.79. The van der Waals surface area contributed by atoms with Crippen LogP contribution < -0.4 is 5.32 Å². The Morgan fingerprint density at radius 3 is 2.67 bits per heavy atom. The second-order valence-corrected chi connectivity index (χ2v) is 5.14. The first-order valence-electron chi connectivity index (χ1n) is 6.17. The Bertz CT molecular complexity index is 220. The first kappa shape index (κ1) is 11.1. The standard InChI is InChI=1S/C12H22N2O/c1-14-7-6-11(9-14)13-8-10-2-4-12(15)5-3-10/h10-11,13H,2-9H2,1H3. The molecular formula is C12H22N2O. The van der Waals surface area contributed by atoms with E-state index in [0.29, 0.717) is 11.8 Å². The van der Waals surface area contributed by atoms with E-state index in [1.54, 1.807) is 0 Å². The average molecular weight is 210 g/mol. The number of likely N-dealkylation sites (N-methyl/N-ethyl adjacent to an activating group) is 1. The lowest BCUT2D eigenvalue weighted by molar-refractivity contribution is -0.120. The van der Waals surface area contributed by atoms with Gasteiger partial charge in [0.2, 0.25) is 0 Å². The molecule has 0 aromatic carbocycles. The van der Waals surface area contributed by atoms with Gasteiger partial charge in [0.1, 0.15) is 5.78 Å². The van der Waals surface area contributed by atoms with Crippen molar-refractivity contribution in [3.8, 4) is 0 Å². The van der Waals surface area contributed by atoms with Crippen LogP contribution in [-0.2, 0) is 4.79 Å². The van der Waals surface area contributed by atoms with Crippen molar-refractivity contribution in [1.29, 1.82) is 0 Å². The number of carbonyl (C=O) groups excluding carboxylic acids is 1. The van der Waals surface area contributed by atoms with E-state index >= 15 is 0 Å². The molecule has 3 heteroatoms. The van der Waals surface area contributed by atoms with E-state index in [0.717, 1.165) is 38.1 Å². The van der Waals surface area contributed by atoms with Gasteiger partial charge in [0.15, 0.2) is 0 Å². The minimum atomic E-state index is 0.465. The van der Waals surface area contributed by atoms with E-state index < -0.39 is 0 Å². The normalized spacial score (nSPS) is 29.9. The molecule has 1 aliphatic heterocycles. The Hall–Kier alpha value is -0.410. The zero-order chi connectivity index (χ0) is 10.7. The first-order valence-corrected chi connectivity index (χ1v) is 6.17. The van der Waals surface area contributed by atoms with E-state index in [9.17, 15) is 4.79 Å². The summed E-state index contributed by atoms with van der Waals surface area (Å²) >= 11 is 0. The number of Topliss-reactive ketones (excluding diaryl/α,β-unsaturated/α-hetero) is 1. The molecule has 0 aromatic heterocycles. The lowest BCUT2D eigenvalue weighted by Crippen LogP contribution is -2.36. The van der Waals surface area contributed by atoms with Crippen LogP contribution >= 0.6 is 0 Å². The summed E-state index contributed by atoms with van der Waals surface area (Å²) in [7, 11) is 2.18. The van der Waals surface area contributed by atoms with E-state index in [1.165, 1.54) is 19.5 Å². The second-order valence-electron chi connectivity index (χ2n) is 5.14. The Morgan fingerprint density at radius 2 is 2.07 bits per heavy atom. The molecule has 3 nitrogen and oxygen atoms in total. The number of nitrogens with zero attached hydrogens (tertiary/aromatic N) is 1. The van der Waals surface area contributed by atoms with Crippen LogP contribution in [0.15, 0.2) is 0 Å². The fourth-order valence-electron chi connectivity index (χ4n) is 2.64. The molecule has 1 N–H and O–H groups in total. The van der Waals surface area contributed by atoms with Crippen LogP contribution in [0.3, 0.4) is 0 Å². The number of ketones is 1. The summed E-state index contributed by atoms with van der Waals surface area (Å²) < 4.78 is 0. The molecule has 1 saturated heterocycles. The number of rotatable bonds is 3. The Balaban J connectivity index is 1.63. The Labute approximate surface area is 92.2 Å². The Kier molecular flexibility index (Phi) is 3.76. The van der Waals surface area contributed by atoms with Crippen molar-refractivity contribution in [2.24, 2.45) is 5.92 Å². The zero-order valence-corrected chi connectivity index (χ0v) is 9.67. The summed E-state index contributed by atoms with van der Waals surface area (Å²) in [5, 5.41) is 3.64. The summed E-state index contributed by atoms with van der Waals surface area (Å²) in [6.45, 7) is 3.53. The van der Waals surface area contributed by atoms with Crippen LogP contribution in [0.5, 0.6) is 0 Å². The van der Waals surface area contributed by atoms with Crippen LogP contribution in [-0.4, -0.2) is 43.4 Å². The van der Waals surface area contributed by atoms with Gasteiger partial charge in [-0.1, -0.05) is 0 Å². The van der Waals surface area contributed by atoms with Gasteiger partial charge in [-0.15, -0.1) is 0 Å². The minimum absolute atomic E-state index is 0.465. The number of carbonyl (C=O) groups is 1. The van der Waals surface area contributed by atoms with Gasteiger partial charge >= 0.3 is 0 Å². The molecule has 86 valence electrons. The van der Waals surface area contributed by atoms with Crippen molar-refractivity contribution >= 4 is 5.78 Å². The maximum absolute atomic E-state index is 11.1. The maximum atomic E-state index is 11.1. The predicted molar refractivity (Wildman–Crippen MR) is 60.9 cm³/mol. The largest absolute Gasteiger partial charge is 0.312 e. The van der Waals surface area contributed by atoms with E-state index in [2.05, 4.69) is 17.3 Å². The highest BCUT2D eigenvalue weighted by Crippen LogP contribution is 2.21. The SMILES string of the molecule is CN1CCC(NCC2CCC(=O)CC2)C1. The van der Waals surface area contributed by atoms with Crippen LogP contribution in [0.4, 0.5) is 0 Å². The van der Waals surface area contributed by atoms with Crippen molar-refractivity contribution in [2.75, 3.05) is 26.7 Å². The van der Waals surface area contributed by atoms with Gasteiger partial charge in [0.05, 0.1) is 0 Å². The lowest BCUT2D eigenvalue weighted by Gasteiger charge is -2.23. The summed E-state index contributed by atoms with van der Waals surface area (Å²) in [5.74, 6) is 1.21. The van der Waals surface area contributed by atoms with Crippen LogP contribution in [0.2, 0.25) is 0 Å². The number of likely N-dealkylation sites (tertiary alicyclic amines) is 1. The number of hydrogen-bond donors (Lipinski definition) is 1. The molecule has 1 heterocycles. The smallest absolute Gasteiger partial charge is 0.132 e. The van der Waals surface area contributed by atoms with Crippen LogP contribution in [0.1, 0.15) is 32.1 Å². The van der Waals surface area contributed by atoms with Crippen molar-refractivity contribution in [1.82, 2.24) is 10.2 Å². The van der Waals surface area contributed by atoms with Gasteiger partial charge < -0.3 is 10.2 Å². The maximum Gasteiger partial charge on any atom is 0.132 e. The van der Waals surface area contributed by atoms with Gasteiger partial charge in [-0.3, -0.25) is 4.79 Å². The third-order valence-electron chi connectivity index (χ3n) is 3.75. The summed E-state index contributed by atoms with van der Waals surface area (Å²) in [5.41, 5.74) is 0. The van der Waals surface area contributed by atoms with Gasteiger partial charge in [-0.05, 0) is 45.3 Å². The van der Waals surface area contributed by atoms with Crippen LogP contribution in [0.25, 0.3) is 0 Å². The van der Waals surface area contributed by atoms with E-state index in [4.69, 9.17) is 0 Å². The molecular weight excluding hydrogens is 188 g/mol. The molecule has 1 atom stereocenters. The molecule has 0 aromatic rings. The molecule has 1 saturated carbocycles. The second kappa shape index (κ2) is 5.08. The molecule has 0 amide bonds. The van der Waals surface area contributed by atoms with Crippen LogP contribution in [0, 0.1) is 5.92 Å². The third-order valence-corrected chi connectivity index (χ3v) is 3.75. The number of hydrogen-bond acceptors (Lipinski definition) is 3. The molecule has 2 aliphatic rings. The van der Waals surface area contributed by atoms with E-state index in [-0.39, 0.29) is 0 Å². The fraction of sp³-hybridized carbons (Fsp3) is 0.917. The first-order chi connectivity index (χ1) is 7.24. The summed E-state index contributed by atoms with van der Waals surface area (Å²) in [6.07, 6.45) is 5.12. The van der Waals surface area contributed by atoms with Gasteiger partial charge in [0.25, 0.3) is 0 Å². The number of nitrogens with one attached hydrogen (secondary N) is 1. The van der Waals surface area contributed by atoms with Crippen molar-refractivity contribution < 1.29 is 4.79 Å². The third kappa shape index (κ3) is 3.28. The molecule has 0 spiro atoms. The predicted octanol–water partition coefficient (Wildman–Crippen LogP) is 1.04. The van der Waals surface area contributed by atoms with Gasteiger partial charge in [-0.25, -0.2) is 0 Å². The topological polar surface area (TPSA) is 32.3 Å². The quantitative estimate of drug-likeness (QED) is 0.755. The minimum Gasteiger partial charge on any atom is -0.312 e. The summed E-state index contributed by atoms with van der Waals surface area (Å²) in [6, 6.07) is 0.688. The molecule has 0 radical (unpaired) electrons.